The molecule has 3 heterocycles. The lowest BCUT2D eigenvalue weighted by Gasteiger charge is -2.26. The van der Waals surface area contributed by atoms with E-state index in [4.69, 9.17) is 10.00 Å². The van der Waals surface area contributed by atoms with E-state index in [1.807, 2.05) is 24.5 Å². The summed E-state index contributed by atoms with van der Waals surface area (Å²) in [7, 11) is 0. The molecule has 1 aliphatic carbocycles. The van der Waals surface area contributed by atoms with Crippen molar-refractivity contribution in [2.45, 2.75) is 50.4 Å². The second kappa shape index (κ2) is 6.79. The van der Waals surface area contributed by atoms with Crippen LogP contribution in [0.5, 0.6) is 5.75 Å². The lowest BCUT2D eigenvalue weighted by atomic mass is 9.92. The molecule has 1 saturated carbocycles. The summed E-state index contributed by atoms with van der Waals surface area (Å²) in [5.74, 6) is 3.51. The number of nitriles is 1. The monoisotopic (exact) mass is 374 g/mol. The Kier molecular flexibility index (Phi) is 4.12. The molecule has 1 aromatic carbocycles. The van der Waals surface area contributed by atoms with Crippen molar-refractivity contribution in [1.29, 1.82) is 5.26 Å². The number of benzene rings is 1. The zero-order valence-electron chi connectivity index (χ0n) is 15.7. The molecule has 5 atom stereocenters. The summed E-state index contributed by atoms with van der Waals surface area (Å²) in [6.07, 6.45) is 9.10. The van der Waals surface area contributed by atoms with E-state index in [-0.39, 0.29) is 18.3 Å². The van der Waals surface area contributed by atoms with Gasteiger partial charge in [-0.2, -0.15) is 5.26 Å². The average molecular weight is 374 g/mol. The van der Waals surface area contributed by atoms with Gasteiger partial charge in [0.25, 0.3) is 0 Å². The van der Waals surface area contributed by atoms with E-state index in [1.165, 1.54) is 0 Å². The topological polar surface area (TPSA) is 88.1 Å². The highest BCUT2D eigenvalue weighted by Gasteiger charge is 2.41. The van der Waals surface area contributed by atoms with Crippen molar-refractivity contribution in [3.63, 3.8) is 0 Å². The van der Waals surface area contributed by atoms with E-state index in [0.29, 0.717) is 17.4 Å². The van der Waals surface area contributed by atoms with Crippen LogP contribution in [0.4, 0.5) is 0 Å². The summed E-state index contributed by atoms with van der Waals surface area (Å²) in [6.45, 7) is 2.23. The van der Waals surface area contributed by atoms with Gasteiger partial charge in [-0.05, 0) is 55.3 Å². The summed E-state index contributed by atoms with van der Waals surface area (Å²) in [5.41, 5.74) is 0.646. The standard InChI is InChI=1S/C21H22N6O/c1-2-14-9-16(28-15-5-3-13(11-22)4-6-15)10-17(14)21-26-25-19-12-24-20-18(27(19)21)7-8-23-20/h3-8,12,14,16-18,20,23H,2,9-10H2,1H3/t14-,16-,17+,18?,20?/m1/s1. The van der Waals surface area contributed by atoms with Crippen LogP contribution in [0.2, 0.25) is 0 Å². The fraction of sp³-hybridized carbons (Fsp3) is 0.429. The van der Waals surface area contributed by atoms with E-state index < -0.39 is 0 Å². The predicted molar refractivity (Wildman–Crippen MR) is 104 cm³/mol. The Balaban J connectivity index is 1.39. The van der Waals surface area contributed by atoms with E-state index in [1.54, 1.807) is 12.1 Å². The van der Waals surface area contributed by atoms with Crippen molar-refractivity contribution in [2.75, 3.05) is 0 Å². The molecule has 1 N–H and O–H groups in total. The van der Waals surface area contributed by atoms with Crippen molar-refractivity contribution < 1.29 is 4.74 Å². The Morgan fingerprint density at radius 2 is 2.11 bits per heavy atom. The number of ether oxygens (including phenoxy) is 1. The average Bonchev–Trinajstić information content (AvgIpc) is 3.45. The van der Waals surface area contributed by atoms with Gasteiger partial charge in [0.1, 0.15) is 17.7 Å². The van der Waals surface area contributed by atoms with Crippen LogP contribution in [-0.4, -0.2) is 33.2 Å². The predicted octanol–water partition coefficient (Wildman–Crippen LogP) is 2.92. The minimum atomic E-state index is 0.0365. The lowest BCUT2D eigenvalue weighted by Crippen LogP contribution is -2.33. The first kappa shape index (κ1) is 17.0. The molecule has 142 valence electrons. The molecule has 28 heavy (non-hydrogen) atoms. The Bertz CT molecular complexity index is 970. The molecule has 0 spiro atoms. The molecule has 7 nitrogen and oxygen atoms in total. The molecule has 2 aliphatic heterocycles. The molecular formula is C21H22N6O. The van der Waals surface area contributed by atoms with Gasteiger partial charge in [0.2, 0.25) is 0 Å². The van der Waals surface area contributed by atoms with Crippen LogP contribution in [0.25, 0.3) is 0 Å². The van der Waals surface area contributed by atoms with Crippen molar-refractivity contribution in [3.8, 4) is 11.8 Å². The molecule has 0 radical (unpaired) electrons. The van der Waals surface area contributed by atoms with E-state index >= 15 is 0 Å². The number of nitrogens with zero attached hydrogens (tertiary/aromatic N) is 5. The molecule has 1 aromatic heterocycles. The number of hydrogen-bond donors (Lipinski definition) is 1. The summed E-state index contributed by atoms with van der Waals surface area (Å²) in [4.78, 5) is 4.53. The molecule has 0 bridgehead atoms. The zero-order valence-corrected chi connectivity index (χ0v) is 15.7. The van der Waals surface area contributed by atoms with Crippen molar-refractivity contribution >= 4 is 6.21 Å². The molecule has 2 aromatic rings. The van der Waals surface area contributed by atoms with Gasteiger partial charge >= 0.3 is 0 Å². The summed E-state index contributed by atoms with van der Waals surface area (Å²) in [6, 6.07) is 9.63. The second-order valence-corrected chi connectivity index (χ2v) is 7.65. The first-order chi connectivity index (χ1) is 13.8. The lowest BCUT2D eigenvalue weighted by molar-refractivity contribution is 0.203. The largest absolute Gasteiger partial charge is 0.490 e. The zero-order chi connectivity index (χ0) is 19.1. The van der Waals surface area contributed by atoms with Gasteiger partial charge in [-0.25, -0.2) is 0 Å². The fourth-order valence-electron chi connectivity index (χ4n) is 4.66. The van der Waals surface area contributed by atoms with Gasteiger partial charge in [0, 0.05) is 5.92 Å². The van der Waals surface area contributed by atoms with Gasteiger partial charge in [-0.15, -0.1) is 10.2 Å². The van der Waals surface area contributed by atoms with Crippen LogP contribution in [0, 0.1) is 17.2 Å². The third-order valence-electron chi connectivity index (χ3n) is 6.07. The van der Waals surface area contributed by atoms with E-state index in [2.05, 4.69) is 44.1 Å². The molecule has 0 amide bonds. The minimum absolute atomic E-state index is 0.0365. The third-order valence-corrected chi connectivity index (χ3v) is 6.07. The molecule has 3 aliphatic rings. The number of rotatable bonds is 4. The molecule has 5 rings (SSSR count). The fourth-order valence-corrected chi connectivity index (χ4v) is 4.66. The maximum absolute atomic E-state index is 8.96. The van der Waals surface area contributed by atoms with Gasteiger partial charge in [0.05, 0.1) is 30.0 Å². The first-order valence-electron chi connectivity index (χ1n) is 9.84. The highest BCUT2D eigenvalue weighted by Crippen LogP contribution is 2.44. The van der Waals surface area contributed by atoms with Gasteiger partial charge in [0.15, 0.2) is 5.82 Å². The van der Waals surface area contributed by atoms with Crippen molar-refractivity contribution in [3.05, 3.63) is 53.8 Å². The number of fused-ring (bicyclic) bond motifs is 3. The third kappa shape index (κ3) is 2.76. The number of hydrogen-bond acceptors (Lipinski definition) is 6. The van der Waals surface area contributed by atoms with E-state index in [9.17, 15) is 0 Å². The Morgan fingerprint density at radius 3 is 2.89 bits per heavy atom. The number of nitrogens with one attached hydrogen (secondary N) is 1. The second-order valence-electron chi connectivity index (χ2n) is 7.65. The molecule has 0 saturated heterocycles. The van der Waals surface area contributed by atoms with Crippen molar-refractivity contribution in [1.82, 2.24) is 20.1 Å². The summed E-state index contributed by atoms with van der Waals surface area (Å²) < 4.78 is 8.49. The van der Waals surface area contributed by atoms with E-state index in [0.717, 1.165) is 36.7 Å². The maximum Gasteiger partial charge on any atom is 0.175 e. The van der Waals surface area contributed by atoms with Crippen LogP contribution in [0.15, 0.2) is 41.5 Å². The molecule has 7 heteroatoms. The maximum atomic E-state index is 8.96. The van der Waals surface area contributed by atoms with Gasteiger partial charge in [-0.3, -0.25) is 9.56 Å². The number of aliphatic imine (C=N–C) groups is 1. The Labute approximate surface area is 163 Å². The quantitative estimate of drug-likeness (QED) is 0.889. The van der Waals surface area contributed by atoms with Crippen LogP contribution in [0.1, 0.15) is 55.4 Å². The van der Waals surface area contributed by atoms with Gasteiger partial charge in [-0.1, -0.05) is 13.3 Å². The summed E-state index contributed by atoms with van der Waals surface area (Å²) in [5, 5.41) is 21.2. The van der Waals surface area contributed by atoms with Crippen LogP contribution >= 0.6 is 0 Å². The van der Waals surface area contributed by atoms with Crippen molar-refractivity contribution in [2.24, 2.45) is 10.9 Å². The normalized spacial score (nSPS) is 29.8. The molecule has 1 fully saturated rings. The Morgan fingerprint density at radius 1 is 1.25 bits per heavy atom. The van der Waals surface area contributed by atoms with Crippen LogP contribution in [-0.2, 0) is 0 Å². The highest BCUT2D eigenvalue weighted by atomic mass is 16.5. The first-order valence-corrected chi connectivity index (χ1v) is 9.84. The van der Waals surface area contributed by atoms with Gasteiger partial charge < -0.3 is 10.1 Å². The molecular weight excluding hydrogens is 352 g/mol. The SMILES string of the molecule is CC[C@@H]1C[C@@H](Oc2ccc(C#N)cc2)C[C@@H]1c1nnc2n1C1C=CNC1N=C2. The molecule has 2 unspecified atom stereocenters. The summed E-state index contributed by atoms with van der Waals surface area (Å²) >= 11 is 0. The highest BCUT2D eigenvalue weighted by molar-refractivity contribution is 5.76. The smallest absolute Gasteiger partial charge is 0.175 e. The minimum Gasteiger partial charge on any atom is -0.490 e. The van der Waals surface area contributed by atoms with Crippen LogP contribution in [0.3, 0.4) is 0 Å². The van der Waals surface area contributed by atoms with Crippen LogP contribution < -0.4 is 10.1 Å². The number of aromatic nitrogens is 3. The Hall–Kier alpha value is -3.14.